The first-order valence-electron chi connectivity index (χ1n) is 11.2. The normalized spacial score (nSPS) is 17.6. The average molecular weight is 475 g/mol. The molecule has 3 aromatic carbocycles. The molecule has 0 radical (unpaired) electrons. The minimum absolute atomic E-state index is 0.0355. The molecule has 35 heavy (non-hydrogen) atoms. The van der Waals surface area contributed by atoms with Crippen LogP contribution in [0, 0.1) is 17.1 Å². The van der Waals surface area contributed by atoms with Crippen LogP contribution in [-0.2, 0) is 16.0 Å². The van der Waals surface area contributed by atoms with E-state index in [4.69, 9.17) is 18.9 Å². The number of carbonyl (C=O) groups excluding carboxylic acids is 1. The van der Waals surface area contributed by atoms with Gasteiger partial charge in [0, 0.05) is 34.7 Å². The number of nitrogens with zero attached hydrogens (tertiary/aromatic N) is 1. The first-order chi connectivity index (χ1) is 17.0. The highest BCUT2D eigenvalue weighted by Crippen LogP contribution is 2.44. The van der Waals surface area contributed by atoms with Crippen molar-refractivity contribution in [1.29, 1.82) is 5.26 Å². The summed E-state index contributed by atoms with van der Waals surface area (Å²) in [5, 5.41) is 19.1. The van der Waals surface area contributed by atoms with Crippen molar-refractivity contribution in [2.45, 2.75) is 31.3 Å². The maximum atomic E-state index is 14.9. The van der Waals surface area contributed by atoms with E-state index in [0.29, 0.717) is 47.8 Å². The molecule has 8 heteroatoms. The molecule has 178 valence electrons. The summed E-state index contributed by atoms with van der Waals surface area (Å²) >= 11 is 0. The summed E-state index contributed by atoms with van der Waals surface area (Å²) in [5.41, 5.74) is 2.25. The molecule has 2 atom stereocenters. The van der Waals surface area contributed by atoms with Crippen LogP contribution < -0.4 is 14.2 Å². The van der Waals surface area contributed by atoms with E-state index in [1.807, 2.05) is 12.1 Å². The van der Waals surface area contributed by atoms with Gasteiger partial charge in [0.15, 0.2) is 0 Å². The second-order valence-electron chi connectivity index (χ2n) is 8.47. The van der Waals surface area contributed by atoms with E-state index in [0.717, 1.165) is 5.56 Å². The molecule has 0 saturated heterocycles. The Kier molecular flexibility index (Phi) is 5.91. The van der Waals surface area contributed by atoms with Crippen LogP contribution in [0.2, 0.25) is 0 Å². The fraction of sp³-hybridized carbons (Fsp3) is 0.259. The van der Waals surface area contributed by atoms with Crippen LogP contribution in [0.25, 0.3) is 0 Å². The molecule has 0 saturated carbocycles. The number of benzene rings is 3. The first kappa shape index (κ1) is 22.5. The first-order valence-corrected chi connectivity index (χ1v) is 11.2. The summed E-state index contributed by atoms with van der Waals surface area (Å²) in [6.07, 6.45) is 0.774. The number of phenols is 1. The molecule has 7 nitrogen and oxygen atoms in total. The number of esters is 1. The van der Waals surface area contributed by atoms with Crippen LogP contribution in [-0.4, -0.2) is 24.8 Å². The van der Waals surface area contributed by atoms with Gasteiger partial charge in [0.2, 0.25) is 0 Å². The number of hydrogen-bond acceptors (Lipinski definition) is 7. The number of phenolic OH excluding ortho intramolecular Hbond substituents is 1. The number of methoxy groups -OCH3 is 1. The third kappa shape index (κ3) is 4.33. The van der Waals surface area contributed by atoms with Crippen molar-refractivity contribution in [3.63, 3.8) is 0 Å². The van der Waals surface area contributed by atoms with Gasteiger partial charge in [0.05, 0.1) is 25.7 Å². The van der Waals surface area contributed by atoms with Gasteiger partial charge in [-0.3, -0.25) is 4.79 Å². The van der Waals surface area contributed by atoms with Gasteiger partial charge in [0.1, 0.15) is 46.7 Å². The molecule has 5 rings (SSSR count). The average Bonchev–Trinajstić information content (AvgIpc) is 3.46. The van der Waals surface area contributed by atoms with E-state index in [1.54, 1.807) is 12.1 Å². The molecule has 0 spiro atoms. The molecular formula is C27H22FNO6. The van der Waals surface area contributed by atoms with Crippen molar-refractivity contribution in [3.8, 4) is 34.8 Å². The zero-order valence-electron chi connectivity index (χ0n) is 18.9. The van der Waals surface area contributed by atoms with Crippen molar-refractivity contribution in [2.75, 3.05) is 13.7 Å². The molecule has 1 unspecified atom stereocenters. The summed E-state index contributed by atoms with van der Waals surface area (Å²) in [7, 11) is 1.36. The molecule has 3 aromatic rings. The molecule has 0 fully saturated rings. The SMILES string of the molecule is COC(=O)CC1COc2cc(O[C@@H]3CCc4c(Oc5cc(O)ccc5C#N)ccc(F)c43)ccc21. The Morgan fingerprint density at radius 2 is 2.06 bits per heavy atom. The van der Waals surface area contributed by atoms with Gasteiger partial charge in [-0.25, -0.2) is 4.39 Å². The Morgan fingerprint density at radius 1 is 1.20 bits per heavy atom. The molecular weight excluding hydrogens is 453 g/mol. The highest BCUT2D eigenvalue weighted by molar-refractivity contribution is 5.71. The Labute approximate surface area is 201 Å². The van der Waals surface area contributed by atoms with Crippen LogP contribution in [0.3, 0.4) is 0 Å². The number of ether oxygens (including phenoxy) is 4. The molecule has 1 aliphatic carbocycles. The van der Waals surface area contributed by atoms with Gasteiger partial charge in [-0.2, -0.15) is 5.26 Å². The minimum Gasteiger partial charge on any atom is -0.508 e. The van der Waals surface area contributed by atoms with Crippen LogP contribution >= 0.6 is 0 Å². The highest BCUT2D eigenvalue weighted by Gasteiger charge is 2.32. The van der Waals surface area contributed by atoms with Gasteiger partial charge >= 0.3 is 5.97 Å². The van der Waals surface area contributed by atoms with Crippen LogP contribution in [0.5, 0.6) is 28.7 Å². The maximum Gasteiger partial charge on any atom is 0.306 e. The predicted octanol–water partition coefficient (Wildman–Crippen LogP) is 5.30. The second-order valence-corrected chi connectivity index (χ2v) is 8.47. The van der Waals surface area contributed by atoms with E-state index >= 15 is 0 Å². The zero-order valence-corrected chi connectivity index (χ0v) is 18.9. The third-order valence-electron chi connectivity index (χ3n) is 6.33. The van der Waals surface area contributed by atoms with Crippen LogP contribution in [0.1, 0.15) is 47.1 Å². The standard InChI is InChI=1S/C27H22FNO6/c1-32-26(31)10-16-14-33-25-12-18(4-5-19(16)25)34-23-8-6-20-22(9-7-21(28)27(20)23)35-24-11-17(30)3-2-15(24)13-29/h2-5,7,9,11-12,16,23,30H,6,8,10,14H2,1H3/t16?,23-/m1/s1. The summed E-state index contributed by atoms with van der Waals surface area (Å²) in [5.74, 6) is 0.974. The summed E-state index contributed by atoms with van der Waals surface area (Å²) in [4.78, 5) is 11.6. The number of rotatable bonds is 6. The zero-order chi connectivity index (χ0) is 24.5. The number of hydrogen-bond donors (Lipinski definition) is 1. The van der Waals surface area contributed by atoms with E-state index < -0.39 is 11.9 Å². The topological polar surface area (TPSA) is 98.0 Å². The van der Waals surface area contributed by atoms with Crippen molar-refractivity contribution < 1.29 is 33.2 Å². The molecule has 1 heterocycles. The Morgan fingerprint density at radius 3 is 2.86 bits per heavy atom. The smallest absolute Gasteiger partial charge is 0.306 e. The number of fused-ring (bicyclic) bond motifs is 2. The monoisotopic (exact) mass is 475 g/mol. The second kappa shape index (κ2) is 9.18. The number of carbonyl (C=O) groups is 1. The Balaban J connectivity index is 1.38. The Hall–Kier alpha value is -4.25. The molecule has 2 aliphatic rings. The minimum atomic E-state index is -0.529. The fourth-order valence-electron chi connectivity index (χ4n) is 4.61. The van der Waals surface area contributed by atoms with Gasteiger partial charge in [-0.1, -0.05) is 6.07 Å². The lowest BCUT2D eigenvalue weighted by Crippen LogP contribution is -2.09. The van der Waals surface area contributed by atoms with E-state index in [1.165, 1.54) is 37.4 Å². The lowest BCUT2D eigenvalue weighted by Gasteiger charge is -2.17. The van der Waals surface area contributed by atoms with E-state index in [2.05, 4.69) is 0 Å². The van der Waals surface area contributed by atoms with Crippen molar-refractivity contribution in [3.05, 3.63) is 76.6 Å². The Bertz CT molecular complexity index is 1350. The maximum absolute atomic E-state index is 14.9. The van der Waals surface area contributed by atoms with Gasteiger partial charge in [0.25, 0.3) is 0 Å². The third-order valence-corrected chi connectivity index (χ3v) is 6.33. The lowest BCUT2D eigenvalue weighted by molar-refractivity contribution is -0.141. The van der Waals surface area contributed by atoms with E-state index in [9.17, 15) is 19.6 Å². The lowest BCUT2D eigenvalue weighted by atomic mass is 9.98. The largest absolute Gasteiger partial charge is 0.508 e. The van der Waals surface area contributed by atoms with Gasteiger partial charge in [-0.05, 0) is 43.2 Å². The molecule has 1 N–H and O–H groups in total. The summed E-state index contributed by atoms with van der Waals surface area (Å²) in [6, 6.07) is 14.5. The van der Waals surface area contributed by atoms with Crippen molar-refractivity contribution >= 4 is 5.97 Å². The fourth-order valence-corrected chi connectivity index (χ4v) is 4.61. The predicted molar refractivity (Wildman–Crippen MR) is 122 cm³/mol. The van der Waals surface area contributed by atoms with Crippen molar-refractivity contribution in [2.24, 2.45) is 0 Å². The number of nitriles is 1. The van der Waals surface area contributed by atoms with Crippen LogP contribution in [0.4, 0.5) is 4.39 Å². The van der Waals surface area contributed by atoms with Crippen LogP contribution in [0.15, 0.2) is 48.5 Å². The quantitative estimate of drug-likeness (QED) is 0.483. The number of halogens is 1. The molecule has 0 amide bonds. The van der Waals surface area contributed by atoms with E-state index in [-0.39, 0.29) is 35.4 Å². The van der Waals surface area contributed by atoms with Gasteiger partial charge in [-0.15, -0.1) is 0 Å². The highest BCUT2D eigenvalue weighted by atomic mass is 19.1. The molecule has 0 aromatic heterocycles. The molecule has 0 bridgehead atoms. The summed E-state index contributed by atoms with van der Waals surface area (Å²) in [6.45, 7) is 0.384. The number of aromatic hydroxyl groups is 1. The van der Waals surface area contributed by atoms with Gasteiger partial charge < -0.3 is 24.1 Å². The molecule has 1 aliphatic heterocycles. The van der Waals surface area contributed by atoms with Crippen molar-refractivity contribution in [1.82, 2.24) is 0 Å². The summed E-state index contributed by atoms with van der Waals surface area (Å²) < 4.78 is 37.5.